The predicted octanol–water partition coefficient (Wildman–Crippen LogP) is 11.4. The molecule has 0 bridgehead atoms. The van der Waals surface area contributed by atoms with Crippen LogP contribution in [0.3, 0.4) is 0 Å². The van der Waals surface area contributed by atoms with E-state index in [9.17, 15) is 9.90 Å². The molecule has 0 saturated heterocycles. The second-order valence-electron chi connectivity index (χ2n) is 14.9. The number of phenolic OH excluding ortho intramolecular Hbond substituents is 1. The van der Waals surface area contributed by atoms with E-state index in [-0.39, 0.29) is 11.7 Å². The highest BCUT2D eigenvalue weighted by atomic mass is 16.5. The number of carbonyl (C=O) groups excluding carboxylic acids is 1. The first-order valence-corrected chi connectivity index (χ1v) is 18.4. The zero-order chi connectivity index (χ0) is 35.3. The van der Waals surface area contributed by atoms with E-state index in [0.717, 1.165) is 35.4 Å². The average Bonchev–Trinajstić information content (AvgIpc) is 3.08. The summed E-state index contributed by atoms with van der Waals surface area (Å²) in [7, 11) is 0. The maximum absolute atomic E-state index is 13.3. The molecular formula is C43H57N3O3. The first-order chi connectivity index (χ1) is 23.5. The van der Waals surface area contributed by atoms with Crippen LogP contribution in [0.25, 0.3) is 34.2 Å². The lowest BCUT2D eigenvalue weighted by molar-refractivity contribution is 0.0375. The topological polar surface area (TPSA) is 85.2 Å². The van der Waals surface area contributed by atoms with Gasteiger partial charge in [0.2, 0.25) is 0 Å². The van der Waals surface area contributed by atoms with Crippen LogP contribution < -0.4 is 0 Å². The summed E-state index contributed by atoms with van der Waals surface area (Å²) in [5.41, 5.74) is 3.57. The van der Waals surface area contributed by atoms with E-state index in [0.29, 0.717) is 58.9 Å². The molecule has 3 unspecified atom stereocenters. The lowest BCUT2D eigenvalue weighted by Gasteiger charge is -2.25. The summed E-state index contributed by atoms with van der Waals surface area (Å²) in [4.78, 5) is 27.5. The Morgan fingerprint density at radius 1 is 0.673 bits per heavy atom. The fourth-order valence-corrected chi connectivity index (χ4v) is 6.33. The Morgan fingerprint density at radius 2 is 1.27 bits per heavy atom. The number of hydrogen-bond donors (Lipinski definition) is 1. The van der Waals surface area contributed by atoms with Gasteiger partial charge in [-0.3, -0.25) is 0 Å². The molecule has 1 heterocycles. The Hall–Kier alpha value is -4.06. The standard InChI is InChI=1S/C43H57N3O3/c1-29(2)13-11-15-31(5)19-21-37(33(7)16-12-14-30(3)4)28-49-43(48)36-24-22-35(23-25-36)41-44-40(34-17-9-8-10-18-34)45-42(46-41)38-26-20-32(6)27-39(38)47/h8-10,17-18,20,22-27,29-31,33,37,47H,11-16,19,21,28H2,1-7H3. The van der Waals surface area contributed by atoms with Crippen molar-refractivity contribution in [2.75, 3.05) is 6.61 Å². The summed E-state index contributed by atoms with van der Waals surface area (Å²) < 4.78 is 6.00. The third-order valence-corrected chi connectivity index (χ3v) is 9.62. The summed E-state index contributed by atoms with van der Waals surface area (Å²) in [5, 5.41) is 10.7. The van der Waals surface area contributed by atoms with Crippen molar-refractivity contribution >= 4 is 5.97 Å². The number of phenols is 1. The molecule has 49 heavy (non-hydrogen) atoms. The largest absolute Gasteiger partial charge is 0.507 e. The van der Waals surface area contributed by atoms with Crippen molar-refractivity contribution < 1.29 is 14.6 Å². The first-order valence-electron chi connectivity index (χ1n) is 18.4. The van der Waals surface area contributed by atoms with Gasteiger partial charge in [-0.2, -0.15) is 0 Å². The van der Waals surface area contributed by atoms with Crippen molar-refractivity contribution in [3.8, 4) is 39.9 Å². The molecule has 1 aromatic heterocycles. The van der Waals surface area contributed by atoms with Crippen LogP contribution in [-0.4, -0.2) is 32.6 Å². The van der Waals surface area contributed by atoms with E-state index < -0.39 is 0 Å². The van der Waals surface area contributed by atoms with Crippen LogP contribution >= 0.6 is 0 Å². The SMILES string of the molecule is Cc1ccc(-c2nc(-c3ccccc3)nc(-c3ccc(C(=O)OCC(CCC(C)CCCC(C)C)C(C)CCCC(C)C)cc3)n2)c(O)c1. The molecule has 4 rings (SSSR count). The lowest BCUT2D eigenvalue weighted by Crippen LogP contribution is -2.21. The highest BCUT2D eigenvalue weighted by Gasteiger charge is 2.22. The smallest absolute Gasteiger partial charge is 0.338 e. The summed E-state index contributed by atoms with van der Waals surface area (Å²) >= 11 is 0. The predicted molar refractivity (Wildman–Crippen MR) is 201 cm³/mol. The van der Waals surface area contributed by atoms with E-state index in [2.05, 4.69) is 41.5 Å². The van der Waals surface area contributed by atoms with Crippen LogP contribution in [0.2, 0.25) is 0 Å². The normalized spacial score (nSPS) is 13.4. The van der Waals surface area contributed by atoms with Crippen LogP contribution in [0.5, 0.6) is 5.75 Å². The van der Waals surface area contributed by atoms with Crippen molar-refractivity contribution in [3.63, 3.8) is 0 Å². The van der Waals surface area contributed by atoms with Crippen molar-refractivity contribution in [2.45, 2.75) is 99.8 Å². The number of rotatable bonds is 18. The maximum atomic E-state index is 13.3. The third-order valence-electron chi connectivity index (χ3n) is 9.62. The molecular weight excluding hydrogens is 606 g/mol. The second-order valence-corrected chi connectivity index (χ2v) is 14.9. The van der Waals surface area contributed by atoms with Crippen molar-refractivity contribution in [1.29, 1.82) is 0 Å². The average molecular weight is 664 g/mol. The number of carbonyl (C=O) groups is 1. The molecule has 1 N–H and O–H groups in total. The van der Waals surface area contributed by atoms with E-state index >= 15 is 0 Å². The zero-order valence-electron chi connectivity index (χ0n) is 30.8. The number of aryl methyl sites for hydroxylation is 1. The van der Waals surface area contributed by atoms with Gasteiger partial charge in [0, 0.05) is 11.1 Å². The van der Waals surface area contributed by atoms with Crippen molar-refractivity contribution in [3.05, 3.63) is 83.9 Å². The Morgan fingerprint density at radius 3 is 1.88 bits per heavy atom. The van der Waals surface area contributed by atoms with Gasteiger partial charge in [0.15, 0.2) is 17.5 Å². The Bertz CT molecular complexity index is 1600. The minimum absolute atomic E-state index is 0.113. The van der Waals surface area contributed by atoms with Gasteiger partial charge in [0.25, 0.3) is 0 Å². The highest BCUT2D eigenvalue weighted by Crippen LogP contribution is 2.31. The number of esters is 1. The Balaban J connectivity index is 1.48. The van der Waals surface area contributed by atoms with Crippen molar-refractivity contribution in [2.24, 2.45) is 29.6 Å². The molecule has 3 atom stereocenters. The van der Waals surface area contributed by atoms with E-state index in [1.54, 1.807) is 18.2 Å². The number of ether oxygens (including phenoxy) is 1. The molecule has 0 aliphatic rings. The fourth-order valence-electron chi connectivity index (χ4n) is 6.33. The zero-order valence-corrected chi connectivity index (χ0v) is 30.8. The van der Waals surface area contributed by atoms with Gasteiger partial charge >= 0.3 is 5.97 Å². The summed E-state index contributed by atoms with van der Waals surface area (Å²) in [6.45, 7) is 16.2. The van der Waals surface area contributed by atoms with E-state index in [1.165, 1.54) is 38.5 Å². The van der Waals surface area contributed by atoms with Crippen LogP contribution in [0.15, 0.2) is 72.8 Å². The molecule has 0 saturated carbocycles. The third kappa shape index (κ3) is 11.8. The van der Waals surface area contributed by atoms with Gasteiger partial charge in [-0.15, -0.1) is 0 Å². The fraction of sp³-hybridized carbons (Fsp3) is 0.488. The number of hydrogen-bond acceptors (Lipinski definition) is 6. The number of aromatic nitrogens is 3. The Labute approximate surface area is 294 Å². The molecule has 0 aliphatic carbocycles. The van der Waals surface area contributed by atoms with Crippen LogP contribution in [0, 0.1) is 36.5 Å². The molecule has 4 aromatic rings. The molecule has 3 aromatic carbocycles. The van der Waals surface area contributed by atoms with Crippen LogP contribution in [0.1, 0.15) is 109 Å². The molecule has 0 spiro atoms. The van der Waals surface area contributed by atoms with Gasteiger partial charge in [0.1, 0.15) is 5.75 Å². The molecule has 0 radical (unpaired) electrons. The summed E-state index contributed by atoms with van der Waals surface area (Å²) in [6, 6.07) is 22.4. The van der Waals surface area contributed by atoms with Crippen LogP contribution in [-0.2, 0) is 4.74 Å². The number of benzene rings is 3. The van der Waals surface area contributed by atoms with E-state index in [1.807, 2.05) is 61.5 Å². The van der Waals surface area contributed by atoms with Gasteiger partial charge < -0.3 is 9.84 Å². The lowest BCUT2D eigenvalue weighted by atomic mass is 9.83. The molecule has 0 aliphatic heterocycles. The van der Waals surface area contributed by atoms with Crippen molar-refractivity contribution in [1.82, 2.24) is 15.0 Å². The number of nitrogens with zero attached hydrogens (tertiary/aromatic N) is 3. The molecule has 262 valence electrons. The number of aromatic hydroxyl groups is 1. The monoisotopic (exact) mass is 663 g/mol. The minimum Gasteiger partial charge on any atom is -0.507 e. The van der Waals surface area contributed by atoms with Gasteiger partial charge in [0.05, 0.1) is 17.7 Å². The Kier molecular flexibility index (Phi) is 14.4. The quantitative estimate of drug-likeness (QED) is 0.107. The summed E-state index contributed by atoms with van der Waals surface area (Å²) in [6.07, 6.45) is 9.69. The molecule has 0 amide bonds. The maximum Gasteiger partial charge on any atom is 0.338 e. The van der Waals surface area contributed by atoms with Gasteiger partial charge in [-0.05, 0) is 72.8 Å². The molecule has 6 heteroatoms. The van der Waals surface area contributed by atoms with E-state index in [4.69, 9.17) is 19.7 Å². The highest BCUT2D eigenvalue weighted by molar-refractivity contribution is 5.90. The molecule has 6 nitrogen and oxygen atoms in total. The first kappa shape index (κ1) is 37.8. The second kappa shape index (κ2) is 18.6. The minimum atomic E-state index is -0.304. The van der Waals surface area contributed by atoms with Gasteiger partial charge in [-0.25, -0.2) is 19.7 Å². The van der Waals surface area contributed by atoms with Crippen LogP contribution in [0.4, 0.5) is 0 Å². The van der Waals surface area contributed by atoms with Gasteiger partial charge in [-0.1, -0.05) is 135 Å². The molecule has 0 fully saturated rings. The summed E-state index contributed by atoms with van der Waals surface area (Å²) in [5.74, 6) is 4.15.